The summed E-state index contributed by atoms with van der Waals surface area (Å²) in [6.07, 6.45) is 0.799. The van der Waals surface area contributed by atoms with Gasteiger partial charge < -0.3 is 0 Å². The molecule has 0 heterocycles. The van der Waals surface area contributed by atoms with E-state index in [9.17, 15) is 0 Å². The maximum Gasteiger partial charge on any atom is 0.129 e. The van der Waals surface area contributed by atoms with Gasteiger partial charge in [0.05, 0.1) is 4.86 Å². The van der Waals surface area contributed by atoms with Crippen LogP contribution in [0.1, 0.15) is 5.56 Å². The Hall–Kier alpha value is -0.913. The lowest BCUT2D eigenvalue weighted by Gasteiger charge is -2.03. The third-order valence-electron chi connectivity index (χ3n) is 1.78. The van der Waals surface area contributed by atoms with Crippen LogP contribution in [0, 0.1) is 11.5 Å². The first-order valence-corrected chi connectivity index (χ1v) is 8.98. The standard InChI is InChI=1S/C13H16SSi/c1-15(2,3)10-9-13(14)11-12-7-5-4-6-8-12/h4-8H,11H2,1-3H3. The SMILES string of the molecule is C[Si](C)(C)C#CC(=S)Cc1ccccc1. The lowest BCUT2D eigenvalue weighted by atomic mass is 10.1. The van der Waals surface area contributed by atoms with Gasteiger partial charge in [0.25, 0.3) is 0 Å². The van der Waals surface area contributed by atoms with Gasteiger partial charge in [-0.15, -0.1) is 5.54 Å². The highest BCUT2D eigenvalue weighted by molar-refractivity contribution is 7.81. The molecule has 0 saturated carbocycles. The molecule has 0 aliphatic carbocycles. The van der Waals surface area contributed by atoms with Crippen molar-refractivity contribution in [3.05, 3.63) is 35.9 Å². The second kappa shape index (κ2) is 5.25. The molecule has 0 saturated heterocycles. The summed E-state index contributed by atoms with van der Waals surface area (Å²) >= 11 is 5.25. The Labute approximate surface area is 98.7 Å². The third kappa shape index (κ3) is 5.51. The van der Waals surface area contributed by atoms with Crippen molar-refractivity contribution < 1.29 is 0 Å². The molecule has 0 fully saturated rings. The summed E-state index contributed by atoms with van der Waals surface area (Å²) in [5.41, 5.74) is 4.53. The highest BCUT2D eigenvalue weighted by Gasteiger charge is 2.07. The summed E-state index contributed by atoms with van der Waals surface area (Å²) in [5.74, 6) is 3.11. The van der Waals surface area contributed by atoms with Crippen molar-refractivity contribution in [3.8, 4) is 11.5 Å². The Morgan fingerprint density at radius 1 is 1.20 bits per heavy atom. The van der Waals surface area contributed by atoms with Gasteiger partial charge in [-0.2, -0.15) is 0 Å². The van der Waals surface area contributed by atoms with Crippen LogP contribution >= 0.6 is 12.2 Å². The summed E-state index contributed by atoms with van der Waals surface area (Å²) in [4.78, 5) is 0.851. The molecule has 0 spiro atoms. The average molecular weight is 232 g/mol. The van der Waals surface area contributed by atoms with Crippen LogP contribution in [-0.2, 0) is 6.42 Å². The molecule has 0 unspecified atom stereocenters. The van der Waals surface area contributed by atoms with E-state index in [1.54, 1.807) is 0 Å². The molecule has 0 atom stereocenters. The third-order valence-corrected chi connectivity index (χ3v) is 2.91. The fourth-order valence-corrected chi connectivity index (χ4v) is 1.92. The lowest BCUT2D eigenvalue weighted by Crippen LogP contribution is -2.17. The quantitative estimate of drug-likeness (QED) is 0.427. The zero-order valence-corrected chi connectivity index (χ0v) is 11.3. The topological polar surface area (TPSA) is 0 Å². The van der Waals surface area contributed by atoms with Crippen LogP contribution in [0.3, 0.4) is 0 Å². The Kier molecular flexibility index (Phi) is 4.25. The highest BCUT2D eigenvalue weighted by Crippen LogP contribution is 2.02. The minimum Gasteiger partial charge on any atom is -0.126 e. The Balaban J connectivity index is 2.61. The molecule has 1 aromatic carbocycles. The van der Waals surface area contributed by atoms with E-state index < -0.39 is 8.07 Å². The zero-order chi connectivity index (χ0) is 11.3. The Morgan fingerprint density at radius 3 is 2.33 bits per heavy atom. The van der Waals surface area contributed by atoms with Crippen LogP contribution in [0.5, 0.6) is 0 Å². The van der Waals surface area contributed by atoms with E-state index in [1.165, 1.54) is 5.56 Å². The summed E-state index contributed by atoms with van der Waals surface area (Å²) in [6.45, 7) is 6.68. The normalized spacial score (nSPS) is 10.3. The smallest absolute Gasteiger partial charge is 0.126 e. The predicted molar refractivity (Wildman–Crippen MR) is 73.9 cm³/mol. The Bertz CT molecular complexity index is 390. The molecule has 0 radical (unpaired) electrons. The first-order chi connectivity index (χ1) is 6.97. The van der Waals surface area contributed by atoms with Crippen LogP contribution in [0.25, 0.3) is 0 Å². The van der Waals surface area contributed by atoms with Crippen molar-refractivity contribution >= 4 is 25.2 Å². The zero-order valence-electron chi connectivity index (χ0n) is 9.50. The molecular weight excluding hydrogens is 216 g/mol. The molecule has 15 heavy (non-hydrogen) atoms. The molecule has 2 heteroatoms. The lowest BCUT2D eigenvalue weighted by molar-refractivity contribution is 1.37. The van der Waals surface area contributed by atoms with Gasteiger partial charge in [-0.25, -0.2) is 0 Å². The fraction of sp³-hybridized carbons (Fsp3) is 0.308. The molecule has 0 nitrogen and oxygen atoms in total. The van der Waals surface area contributed by atoms with Gasteiger partial charge >= 0.3 is 0 Å². The van der Waals surface area contributed by atoms with Crippen molar-refractivity contribution in [1.29, 1.82) is 0 Å². The average Bonchev–Trinajstić information content (AvgIpc) is 2.15. The summed E-state index contributed by atoms with van der Waals surface area (Å²) in [7, 11) is -1.29. The van der Waals surface area contributed by atoms with Crippen molar-refractivity contribution in [1.82, 2.24) is 0 Å². The van der Waals surface area contributed by atoms with Crippen molar-refractivity contribution in [3.63, 3.8) is 0 Å². The Morgan fingerprint density at radius 2 is 1.80 bits per heavy atom. The minimum atomic E-state index is -1.29. The number of rotatable bonds is 2. The van der Waals surface area contributed by atoms with Gasteiger partial charge in [-0.3, -0.25) is 0 Å². The van der Waals surface area contributed by atoms with Gasteiger partial charge in [-0.1, -0.05) is 68.1 Å². The summed E-state index contributed by atoms with van der Waals surface area (Å²) in [6, 6.07) is 10.2. The van der Waals surface area contributed by atoms with E-state index in [0.717, 1.165) is 11.3 Å². The summed E-state index contributed by atoms with van der Waals surface area (Å²) in [5, 5.41) is 0. The van der Waals surface area contributed by atoms with E-state index in [1.807, 2.05) is 18.2 Å². The fourth-order valence-electron chi connectivity index (χ4n) is 1.08. The number of hydrogen-bond donors (Lipinski definition) is 0. The van der Waals surface area contributed by atoms with Crippen LogP contribution in [0.15, 0.2) is 30.3 Å². The van der Waals surface area contributed by atoms with Crippen molar-refractivity contribution in [2.24, 2.45) is 0 Å². The molecular formula is C13H16SSi. The van der Waals surface area contributed by atoms with Gasteiger partial charge in [0, 0.05) is 6.42 Å². The first-order valence-electron chi connectivity index (χ1n) is 5.07. The first kappa shape index (κ1) is 12.2. The number of benzene rings is 1. The van der Waals surface area contributed by atoms with Gasteiger partial charge in [0.15, 0.2) is 0 Å². The molecule has 0 bridgehead atoms. The van der Waals surface area contributed by atoms with Crippen LogP contribution in [0.4, 0.5) is 0 Å². The maximum atomic E-state index is 5.25. The molecule has 1 aromatic rings. The molecule has 0 amide bonds. The van der Waals surface area contributed by atoms with E-state index >= 15 is 0 Å². The van der Waals surface area contributed by atoms with Crippen LogP contribution in [-0.4, -0.2) is 12.9 Å². The van der Waals surface area contributed by atoms with Gasteiger partial charge in [0.2, 0.25) is 0 Å². The monoisotopic (exact) mass is 232 g/mol. The molecule has 0 aliphatic heterocycles. The second-order valence-electron chi connectivity index (χ2n) is 4.59. The molecule has 0 aromatic heterocycles. The highest BCUT2D eigenvalue weighted by atomic mass is 32.1. The van der Waals surface area contributed by atoms with E-state index in [2.05, 4.69) is 43.2 Å². The molecule has 0 aliphatic rings. The van der Waals surface area contributed by atoms with Gasteiger partial charge in [-0.05, 0) is 5.56 Å². The number of thiocarbonyl (C=S) groups is 1. The van der Waals surface area contributed by atoms with Crippen LogP contribution in [0.2, 0.25) is 19.6 Å². The minimum absolute atomic E-state index is 0.799. The molecule has 1 rings (SSSR count). The van der Waals surface area contributed by atoms with Crippen LogP contribution < -0.4 is 0 Å². The number of hydrogen-bond acceptors (Lipinski definition) is 1. The summed E-state index contributed by atoms with van der Waals surface area (Å²) < 4.78 is 0. The van der Waals surface area contributed by atoms with Gasteiger partial charge in [0.1, 0.15) is 8.07 Å². The molecule has 78 valence electrons. The maximum absolute atomic E-state index is 5.25. The van der Waals surface area contributed by atoms with E-state index in [4.69, 9.17) is 12.2 Å². The largest absolute Gasteiger partial charge is 0.129 e. The predicted octanol–water partition coefficient (Wildman–Crippen LogP) is 3.48. The second-order valence-corrected chi connectivity index (χ2v) is 9.83. The van der Waals surface area contributed by atoms with E-state index in [0.29, 0.717) is 0 Å². The molecule has 0 N–H and O–H groups in total. The van der Waals surface area contributed by atoms with Crippen molar-refractivity contribution in [2.45, 2.75) is 26.1 Å². The van der Waals surface area contributed by atoms with E-state index in [-0.39, 0.29) is 0 Å². The van der Waals surface area contributed by atoms with Crippen molar-refractivity contribution in [2.75, 3.05) is 0 Å².